The van der Waals surface area contributed by atoms with Gasteiger partial charge in [-0.3, -0.25) is 4.57 Å². The highest BCUT2D eigenvalue weighted by molar-refractivity contribution is 7.13. The van der Waals surface area contributed by atoms with Gasteiger partial charge in [-0.2, -0.15) is 0 Å². The summed E-state index contributed by atoms with van der Waals surface area (Å²) in [6, 6.07) is 3.95. The van der Waals surface area contributed by atoms with E-state index in [-0.39, 0.29) is 11.7 Å². The second-order valence-corrected chi connectivity index (χ2v) is 6.70. The summed E-state index contributed by atoms with van der Waals surface area (Å²) in [5.41, 5.74) is 2.68. The summed E-state index contributed by atoms with van der Waals surface area (Å²) in [7, 11) is 0. The lowest BCUT2D eigenvalue weighted by Crippen LogP contribution is -2.37. The monoisotopic (exact) mass is 329 g/mol. The minimum absolute atomic E-state index is 0.0559. The van der Waals surface area contributed by atoms with Gasteiger partial charge in [-0.1, -0.05) is 6.92 Å². The number of anilines is 1. The number of aromatic nitrogens is 4. The molecule has 3 aromatic heterocycles. The molecule has 1 aliphatic rings. The number of fused-ring (bicyclic) bond motifs is 1. The molecule has 1 N–H and O–H groups in total. The number of aryl methyl sites for hydroxylation is 1. The third kappa shape index (κ3) is 2.55. The van der Waals surface area contributed by atoms with Gasteiger partial charge < -0.3 is 9.88 Å². The molecule has 1 saturated heterocycles. The standard InChI is InChI=1S/C16H19N5OS/c1-2-11-10-23-16(18-11)20-8-5-12(6-9-20)21-14-13(19-15(21)22)4-3-7-17-14/h3-4,7,10,12H,2,5-6,8-9H2,1H3,(H,19,22). The van der Waals surface area contributed by atoms with Crippen LogP contribution in [0.1, 0.15) is 31.5 Å². The molecule has 1 aliphatic heterocycles. The molecule has 7 heteroatoms. The molecule has 120 valence electrons. The van der Waals surface area contributed by atoms with Crippen molar-refractivity contribution in [2.45, 2.75) is 32.2 Å². The number of nitrogens with zero attached hydrogens (tertiary/aromatic N) is 4. The predicted molar refractivity (Wildman–Crippen MR) is 92.3 cm³/mol. The zero-order valence-electron chi connectivity index (χ0n) is 13.0. The molecule has 3 aromatic rings. The molecule has 4 heterocycles. The van der Waals surface area contributed by atoms with Crippen LogP contribution in [-0.4, -0.2) is 32.6 Å². The Hall–Kier alpha value is -2.15. The average molecular weight is 329 g/mol. The van der Waals surface area contributed by atoms with Crippen molar-refractivity contribution in [2.75, 3.05) is 18.0 Å². The first-order valence-corrected chi connectivity index (χ1v) is 8.89. The maximum absolute atomic E-state index is 12.3. The van der Waals surface area contributed by atoms with Crippen LogP contribution in [0.5, 0.6) is 0 Å². The summed E-state index contributed by atoms with van der Waals surface area (Å²) in [5.74, 6) is 0. The molecule has 0 aromatic carbocycles. The number of hydrogen-bond donors (Lipinski definition) is 1. The fraction of sp³-hybridized carbons (Fsp3) is 0.438. The van der Waals surface area contributed by atoms with Gasteiger partial charge in [-0.05, 0) is 31.4 Å². The van der Waals surface area contributed by atoms with Crippen molar-refractivity contribution in [3.05, 3.63) is 39.9 Å². The van der Waals surface area contributed by atoms with E-state index in [0.717, 1.165) is 54.3 Å². The Bertz CT molecular complexity index is 872. The van der Waals surface area contributed by atoms with Gasteiger partial charge in [0.2, 0.25) is 0 Å². The minimum Gasteiger partial charge on any atom is -0.348 e. The van der Waals surface area contributed by atoms with Gasteiger partial charge in [0.25, 0.3) is 0 Å². The molecule has 1 fully saturated rings. The second kappa shape index (κ2) is 5.81. The summed E-state index contributed by atoms with van der Waals surface area (Å²) in [4.78, 5) is 26.5. The van der Waals surface area contributed by atoms with Gasteiger partial charge in [0, 0.05) is 30.7 Å². The van der Waals surface area contributed by atoms with Gasteiger partial charge in [0.15, 0.2) is 10.8 Å². The third-order valence-electron chi connectivity index (χ3n) is 4.48. The minimum atomic E-state index is -0.0559. The van der Waals surface area contributed by atoms with Crippen molar-refractivity contribution in [1.29, 1.82) is 0 Å². The first-order valence-electron chi connectivity index (χ1n) is 8.01. The highest BCUT2D eigenvalue weighted by Crippen LogP contribution is 2.29. The third-order valence-corrected chi connectivity index (χ3v) is 5.43. The molecule has 0 atom stereocenters. The number of aromatic amines is 1. The first kappa shape index (κ1) is 14.4. The fourth-order valence-electron chi connectivity index (χ4n) is 3.22. The number of nitrogens with one attached hydrogen (secondary N) is 1. The number of imidazole rings is 1. The van der Waals surface area contributed by atoms with E-state index in [1.807, 2.05) is 16.7 Å². The van der Waals surface area contributed by atoms with E-state index < -0.39 is 0 Å². The number of pyridine rings is 1. The second-order valence-electron chi connectivity index (χ2n) is 5.87. The van der Waals surface area contributed by atoms with Crippen molar-refractivity contribution < 1.29 is 0 Å². The summed E-state index contributed by atoms with van der Waals surface area (Å²) in [6.45, 7) is 3.97. The molecule has 0 radical (unpaired) electrons. The molecule has 4 rings (SSSR count). The summed E-state index contributed by atoms with van der Waals surface area (Å²) in [6.07, 6.45) is 4.58. The smallest absolute Gasteiger partial charge is 0.327 e. The van der Waals surface area contributed by atoms with Gasteiger partial charge in [-0.25, -0.2) is 14.8 Å². The predicted octanol–water partition coefficient (Wildman–Crippen LogP) is 2.59. The molecule has 0 bridgehead atoms. The zero-order valence-corrected chi connectivity index (χ0v) is 13.8. The molecule has 0 spiro atoms. The lowest BCUT2D eigenvalue weighted by atomic mass is 10.1. The van der Waals surface area contributed by atoms with Crippen LogP contribution < -0.4 is 10.6 Å². The number of rotatable bonds is 3. The average Bonchev–Trinajstić information content (AvgIpc) is 3.18. The van der Waals surface area contributed by atoms with E-state index in [2.05, 4.69) is 32.2 Å². The molecule has 0 aliphatic carbocycles. The van der Waals surface area contributed by atoms with E-state index in [0.29, 0.717) is 0 Å². The van der Waals surface area contributed by atoms with Crippen molar-refractivity contribution in [3.63, 3.8) is 0 Å². The summed E-state index contributed by atoms with van der Waals surface area (Å²) < 4.78 is 1.83. The van der Waals surface area contributed by atoms with Crippen molar-refractivity contribution in [1.82, 2.24) is 19.5 Å². The fourth-order valence-corrected chi connectivity index (χ4v) is 4.18. The van der Waals surface area contributed by atoms with Crippen molar-refractivity contribution in [3.8, 4) is 0 Å². The van der Waals surface area contributed by atoms with Crippen molar-refractivity contribution >= 4 is 27.6 Å². The first-order chi connectivity index (χ1) is 11.3. The number of thiazole rings is 1. The van der Waals surface area contributed by atoms with Crippen molar-refractivity contribution in [2.24, 2.45) is 0 Å². The molecular weight excluding hydrogens is 310 g/mol. The van der Waals surface area contributed by atoms with E-state index >= 15 is 0 Å². The van der Waals surface area contributed by atoms with Crippen LogP contribution in [-0.2, 0) is 6.42 Å². The molecule has 0 amide bonds. The SMILES string of the molecule is CCc1csc(N2CCC(n3c(=O)[nH]c4cccnc43)CC2)n1. The molecule has 0 saturated carbocycles. The molecule has 0 unspecified atom stereocenters. The van der Waals surface area contributed by atoms with Gasteiger partial charge in [0.1, 0.15) is 0 Å². The Labute approximate surface area is 137 Å². The van der Waals surface area contributed by atoms with Crippen LogP contribution in [0, 0.1) is 0 Å². The van der Waals surface area contributed by atoms with Crippen LogP contribution in [0.3, 0.4) is 0 Å². The van der Waals surface area contributed by atoms with Gasteiger partial charge in [0.05, 0.1) is 11.2 Å². The Morgan fingerprint density at radius 2 is 2.22 bits per heavy atom. The Kier molecular flexibility index (Phi) is 3.65. The molecule has 6 nitrogen and oxygen atoms in total. The van der Waals surface area contributed by atoms with E-state index in [4.69, 9.17) is 0 Å². The number of piperidine rings is 1. The lowest BCUT2D eigenvalue weighted by molar-refractivity contribution is 0.395. The van der Waals surface area contributed by atoms with E-state index in [1.54, 1.807) is 17.5 Å². The number of hydrogen-bond acceptors (Lipinski definition) is 5. The topological polar surface area (TPSA) is 66.8 Å². The highest BCUT2D eigenvalue weighted by atomic mass is 32.1. The maximum atomic E-state index is 12.3. The largest absolute Gasteiger partial charge is 0.348 e. The number of H-pyrrole nitrogens is 1. The van der Waals surface area contributed by atoms with E-state index in [1.165, 1.54) is 0 Å². The Balaban J connectivity index is 1.55. The lowest BCUT2D eigenvalue weighted by Gasteiger charge is -2.32. The van der Waals surface area contributed by atoms with E-state index in [9.17, 15) is 4.79 Å². The zero-order chi connectivity index (χ0) is 15.8. The van der Waals surface area contributed by atoms with Crippen LogP contribution in [0.4, 0.5) is 5.13 Å². The van der Waals surface area contributed by atoms with Gasteiger partial charge >= 0.3 is 5.69 Å². The maximum Gasteiger partial charge on any atom is 0.327 e. The summed E-state index contributed by atoms with van der Waals surface area (Å²) in [5, 5.41) is 3.24. The van der Waals surface area contributed by atoms with Crippen LogP contribution >= 0.6 is 11.3 Å². The summed E-state index contributed by atoms with van der Waals surface area (Å²) >= 11 is 1.71. The Morgan fingerprint density at radius 3 is 2.96 bits per heavy atom. The van der Waals surface area contributed by atoms with Crippen LogP contribution in [0.15, 0.2) is 28.5 Å². The molecular formula is C16H19N5OS. The highest BCUT2D eigenvalue weighted by Gasteiger charge is 2.25. The molecule has 23 heavy (non-hydrogen) atoms. The van der Waals surface area contributed by atoms with Gasteiger partial charge in [-0.15, -0.1) is 11.3 Å². The normalized spacial score (nSPS) is 16.3. The Morgan fingerprint density at radius 1 is 1.39 bits per heavy atom. The quantitative estimate of drug-likeness (QED) is 0.802. The van der Waals surface area contributed by atoms with Crippen LogP contribution in [0.2, 0.25) is 0 Å². The van der Waals surface area contributed by atoms with Crippen LogP contribution in [0.25, 0.3) is 11.2 Å².